The molecule has 9 nitrogen and oxygen atoms in total. The molecule has 2 aliphatic rings. The van der Waals surface area contributed by atoms with Crippen molar-refractivity contribution >= 4 is 35.9 Å². The van der Waals surface area contributed by atoms with Crippen molar-refractivity contribution in [2.45, 2.75) is 18.3 Å². The Morgan fingerprint density at radius 3 is 2.91 bits per heavy atom. The van der Waals surface area contributed by atoms with Crippen LogP contribution >= 0.6 is 11.8 Å². The fraction of sp³-hybridized carbons (Fsp3) is 0.500. The Morgan fingerprint density at radius 1 is 1.59 bits per heavy atom. The summed E-state index contributed by atoms with van der Waals surface area (Å²) in [5.74, 6) is -1.39. The number of hydrogen-bond donors (Lipinski definition) is 2. The molecule has 0 aliphatic carbocycles. The predicted octanol–water partition coefficient (Wildman–Crippen LogP) is -0.0129. The van der Waals surface area contributed by atoms with Gasteiger partial charge in [0, 0.05) is 11.3 Å². The summed E-state index contributed by atoms with van der Waals surface area (Å²) < 4.78 is 4.45. The van der Waals surface area contributed by atoms with Gasteiger partial charge in [-0.3, -0.25) is 9.69 Å². The molecular formula is C12H15N3O6S. The maximum atomic E-state index is 12.1. The van der Waals surface area contributed by atoms with E-state index in [1.807, 2.05) is 0 Å². The fourth-order valence-corrected chi connectivity index (χ4v) is 3.40. The largest absolute Gasteiger partial charge is 0.477 e. The number of carbonyl (C=O) groups excluding carboxylic acids is 2. The van der Waals surface area contributed by atoms with Crippen LogP contribution in [0.3, 0.4) is 0 Å². The lowest BCUT2D eigenvalue weighted by Crippen LogP contribution is -2.70. The molecule has 0 unspecified atom stereocenters. The lowest BCUT2D eigenvalue weighted by molar-refractivity contribution is -0.148. The molecular weight excluding hydrogens is 314 g/mol. The first kappa shape index (κ1) is 16.1. The standard InChI is InChI=1S/C12H15N3O6S/c1-3-21-13-4-6-5-22-10-7(14-12(19)20-2)9(16)15(10)8(6)11(17)18/h4,7,10H,3,5H2,1-2H3,(H,14,19)(H,17,18)/t7-,10+/m1/s1. The minimum Gasteiger partial charge on any atom is -0.477 e. The zero-order valence-electron chi connectivity index (χ0n) is 11.9. The number of nitrogens with one attached hydrogen (secondary N) is 1. The molecule has 1 saturated heterocycles. The molecule has 2 atom stereocenters. The van der Waals surface area contributed by atoms with Crippen molar-refractivity contribution in [2.75, 3.05) is 19.5 Å². The number of hydrogen-bond acceptors (Lipinski definition) is 7. The SMILES string of the molecule is CCON=CC1=C(C(=O)O)N2C(=O)[C@@H](NC(=O)OC)[C@@H]2SC1. The number of carboxylic acid groups (broad SMARTS) is 1. The lowest BCUT2D eigenvalue weighted by atomic mass is 10.0. The molecule has 2 aliphatic heterocycles. The van der Waals surface area contributed by atoms with Crippen molar-refractivity contribution in [1.29, 1.82) is 0 Å². The number of thioether (sulfide) groups is 1. The zero-order chi connectivity index (χ0) is 16.3. The maximum absolute atomic E-state index is 12.1. The highest BCUT2D eigenvalue weighted by Gasteiger charge is 2.54. The van der Waals surface area contributed by atoms with Crippen molar-refractivity contribution in [3.63, 3.8) is 0 Å². The summed E-state index contributed by atoms with van der Waals surface area (Å²) >= 11 is 1.33. The number of carboxylic acids is 1. The van der Waals surface area contributed by atoms with Crippen LogP contribution in [0.25, 0.3) is 0 Å². The fourth-order valence-electron chi connectivity index (χ4n) is 2.10. The Bertz CT molecular complexity index is 561. The lowest BCUT2D eigenvalue weighted by Gasteiger charge is -2.48. The van der Waals surface area contributed by atoms with Crippen molar-refractivity contribution in [3.8, 4) is 0 Å². The topological polar surface area (TPSA) is 118 Å². The smallest absolute Gasteiger partial charge is 0.407 e. The number of β-lactam (4-membered cyclic amide) rings is 1. The summed E-state index contributed by atoms with van der Waals surface area (Å²) in [6.07, 6.45) is 0.563. The van der Waals surface area contributed by atoms with E-state index in [4.69, 9.17) is 4.84 Å². The van der Waals surface area contributed by atoms with Crippen molar-refractivity contribution in [1.82, 2.24) is 10.2 Å². The highest BCUT2D eigenvalue weighted by atomic mass is 32.2. The van der Waals surface area contributed by atoms with Gasteiger partial charge in [-0.25, -0.2) is 9.59 Å². The van der Waals surface area contributed by atoms with Crippen LogP contribution < -0.4 is 5.32 Å². The average molecular weight is 329 g/mol. The van der Waals surface area contributed by atoms with Crippen LogP contribution in [0.2, 0.25) is 0 Å². The first-order chi connectivity index (χ1) is 10.5. The molecule has 10 heteroatoms. The maximum Gasteiger partial charge on any atom is 0.407 e. The third-order valence-electron chi connectivity index (χ3n) is 3.07. The molecule has 2 N–H and O–H groups in total. The van der Waals surface area contributed by atoms with Crippen LogP contribution in [-0.4, -0.2) is 65.1 Å². The highest BCUT2D eigenvalue weighted by molar-refractivity contribution is 8.00. The van der Waals surface area contributed by atoms with Gasteiger partial charge >= 0.3 is 12.1 Å². The second kappa shape index (κ2) is 6.69. The van der Waals surface area contributed by atoms with Crippen molar-refractivity contribution in [3.05, 3.63) is 11.3 Å². The minimum atomic E-state index is -1.23. The molecule has 0 saturated carbocycles. The summed E-state index contributed by atoms with van der Waals surface area (Å²) in [4.78, 5) is 40.7. The summed E-state index contributed by atoms with van der Waals surface area (Å²) in [6, 6.07) is -0.794. The molecule has 0 bridgehead atoms. The summed E-state index contributed by atoms with van der Waals surface area (Å²) in [6.45, 7) is 2.10. The van der Waals surface area contributed by atoms with E-state index in [1.165, 1.54) is 25.1 Å². The van der Waals surface area contributed by atoms with E-state index >= 15 is 0 Å². The van der Waals surface area contributed by atoms with Gasteiger partial charge < -0.3 is 20.0 Å². The zero-order valence-corrected chi connectivity index (χ0v) is 12.8. The first-order valence-corrected chi connectivity index (χ1v) is 7.47. The van der Waals surface area contributed by atoms with Crippen LogP contribution in [0.4, 0.5) is 4.79 Å². The van der Waals surface area contributed by atoms with E-state index < -0.39 is 29.4 Å². The van der Waals surface area contributed by atoms with Crippen LogP contribution in [-0.2, 0) is 19.2 Å². The third-order valence-corrected chi connectivity index (χ3v) is 4.37. The second-order valence-corrected chi connectivity index (χ2v) is 5.46. The van der Waals surface area contributed by atoms with Gasteiger partial charge in [-0.05, 0) is 6.92 Å². The highest BCUT2D eigenvalue weighted by Crippen LogP contribution is 2.39. The van der Waals surface area contributed by atoms with Crippen LogP contribution in [0.5, 0.6) is 0 Å². The molecule has 0 aromatic heterocycles. The predicted molar refractivity (Wildman–Crippen MR) is 77.2 cm³/mol. The van der Waals surface area contributed by atoms with E-state index in [1.54, 1.807) is 6.92 Å². The molecule has 2 amide bonds. The summed E-state index contributed by atoms with van der Waals surface area (Å²) in [5, 5.41) is 14.9. The van der Waals surface area contributed by atoms with Gasteiger partial charge in [0.2, 0.25) is 0 Å². The molecule has 0 aromatic carbocycles. The van der Waals surface area contributed by atoms with Gasteiger partial charge in [0.05, 0.1) is 13.3 Å². The van der Waals surface area contributed by atoms with E-state index in [9.17, 15) is 19.5 Å². The van der Waals surface area contributed by atoms with E-state index in [0.717, 1.165) is 4.90 Å². The number of carbonyl (C=O) groups is 3. The van der Waals surface area contributed by atoms with Gasteiger partial charge in [-0.2, -0.15) is 0 Å². The molecule has 0 spiro atoms. The Balaban J connectivity index is 2.21. The molecule has 0 radical (unpaired) electrons. The monoisotopic (exact) mass is 329 g/mol. The van der Waals surface area contributed by atoms with Gasteiger partial charge in [0.1, 0.15) is 23.7 Å². The third kappa shape index (κ3) is 2.86. The number of oxime groups is 1. The van der Waals surface area contributed by atoms with Gasteiger partial charge in [0.15, 0.2) is 0 Å². The van der Waals surface area contributed by atoms with Crippen molar-refractivity contribution < 1.29 is 29.1 Å². The van der Waals surface area contributed by atoms with E-state index in [-0.39, 0.29) is 5.70 Å². The second-order valence-electron chi connectivity index (χ2n) is 4.35. The number of alkyl carbamates (subject to hydrolysis) is 1. The quantitative estimate of drug-likeness (QED) is 0.414. The van der Waals surface area contributed by atoms with E-state index in [2.05, 4.69) is 15.2 Å². The van der Waals surface area contributed by atoms with Crippen molar-refractivity contribution in [2.24, 2.45) is 5.16 Å². The Morgan fingerprint density at radius 2 is 2.32 bits per heavy atom. The number of ether oxygens (including phenoxy) is 1. The number of aliphatic carboxylic acids is 1. The number of methoxy groups -OCH3 is 1. The number of nitrogens with zero attached hydrogens (tertiary/aromatic N) is 2. The molecule has 22 heavy (non-hydrogen) atoms. The molecule has 2 rings (SSSR count). The van der Waals surface area contributed by atoms with Crippen LogP contribution in [0.15, 0.2) is 16.4 Å². The van der Waals surface area contributed by atoms with Crippen LogP contribution in [0, 0.1) is 0 Å². The molecule has 0 aromatic rings. The first-order valence-electron chi connectivity index (χ1n) is 6.42. The summed E-state index contributed by atoms with van der Waals surface area (Å²) in [7, 11) is 1.19. The average Bonchev–Trinajstić information content (AvgIpc) is 2.51. The normalized spacial score (nSPS) is 23.9. The number of amides is 2. The van der Waals surface area contributed by atoms with E-state index in [0.29, 0.717) is 17.9 Å². The Labute approximate surface area is 130 Å². The van der Waals surface area contributed by atoms with Gasteiger partial charge in [-0.1, -0.05) is 5.16 Å². The van der Waals surface area contributed by atoms with Gasteiger partial charge in [-0.15, -0.1) is 11.8 Å². The van der Waals surface area contributed by atoms with Crippen LogP contribution in [0.1, 0.15) is 6.92 Å². The molecule has 1 fully saturated rings. The Hall–Kier alpha value is -2.23. The Kier molecular flexibility index (Phi) is 4.91. The number of rotatable bonds is 5. The number of fused-ring (bicyclic) bond motifs is 1. The summed E-state index contributed by atoms with van der Waals surface area (Å²) in [5.41, 5.74) is 0.243. The molecule has 120 valence electrons. The molecule has 2 heterocycles. The minimum absolute atomic E-state index is 0.139. The van der Waals surface area contributed by atoms with Gasteiger partial charge in [0.25, 0.3) is 5.91 Å².